The van der Waals surface area contributed by atoms with Gasteiger partial charge in [-0.1, -0.05) is 41.1 Å². The van der Waals surface area contributed by atoms with Gasteiger partial charge in [0, 0.05) is 22.8 Å². The molecule has 1 aromatic heterocycles. The van der Waals surface area contributed by atoms with Crippen molar-refractivity contribution in [1.29, 1.82) is 0 Å². The summed E-state index contributed by atoms with van der Waals surface area (Å²) in [6.45, 7) is 5.24. The van der Waals surface area contributed by atoms with Crippen LogP contribution in [0.4, 0.5) is 0 Å². The van der Waals surface area contributed by atoms with E-state index < -0.39 is 0 Å². The van der Waals surface area contributed by atoms with Crippen LogP contribution in [-0.2, 0) is 6.54 Å². The van der Waals surface area contributed by atoms with Crippen molar-refractivity contribution >= 4 is 15.9 Å². The van der Waals surface area contributed by atoms with Crippen LogP contribution in [0, 0.1) is 6.92 Å². The van der Waals surface area contributed by atoms with Crippen LogP contribution in [0.15, 0.2) is 35.1 Å². The van der Waals surface area contributed by atoms with E-state index in [1.54, 1.807) is 0 Å². The molecule has 0 aliphatic carbocycles. The zero-order valence-corrected chi connectivity index (χ0v) is 13.2. The highest BCUT2D eigenvalue weighted by Gasteiger charge is 2.17. The van der Waals surface area contributed by atoms with Crippen LogP contribution in [0.5, 0.6) is 0 Å². The second-order valence-corrected chi connectivity index (χ2v) is 5.53. The fourth-order valence-corrected chi connectivity index (χ4v) is 2.77. The Bertz CT molecular complexity index is 548. The van der Waals surface area contributed by atoms with Gasteiger partial charge in [0.2, 0.25) is 0 Å². The molecule has 2 rings (SSSR count). The molecule has 0 amide bonds. The first kappa shape index (κ1) is 14.3. The van der Waals surface area contributed by atoms with Gasteiger partial charge in [-0.05, 0) is 31.5 Å². The molecule has 0 aliphatic heterocycles. The quantitative estimate of drug-likeness (QED) is 0.910. The maximum absolute atomic E-state index is 4.41. The number of hydrogen-bond donors (Lipinski definition) is 1. The monoisotopic (exact) mass is 321 g/mol. The number of hydrogen-bond acceptors (Lipinski definition) is 2. The van der Waals surface area contributed by atoms with Gasteiger partial charge in [-0.3, -0.25) is 4.68 Å². The Hall–Kier alpha value is -1.13. The molecule has 1 heterocycles. The van der Waals surface area contributed by atoms with Crippen molar-refractivity contribution in [2.45, 2.75) is 32.9 Å². The molecule has 19 heavy (non-hydrogen) atoms. The molecule has 0 aliphatic rings. The number of nitrogens with zero attached hydrogens (tertiary/aromatic N) is 2. The molecule has 0 bridgehead atoms. The van der Waals surface area contributed by atoms with Crippen molar-refractivity contribution < 1.29 is 0 Å². The normalized spacial score (nSPS) is 12.6. The molecule has 0 saturated carbocycles. The van der Waals surface area contributed by atoms with Gasteiger partial charge in [0.1, 0.15) is 0 Å². The maximum atomic E-state index is 4.41. The molecular formula is C15H20BrN3. The lowest BCUT2D eigenvalue weighted by Crippen LogP contribution is -2.18. The van der Waals surface area contributed by atoms with E-state index in [1.165, 1.54) is 16.7 Å². The highest BCUT2D eigenvalue weighted by atomic mass is 79.9. The molecule has 0 saturated heterocycles. The fourth-order valence-electron chi connectivity index (χ4n) is 2.27. The van der Waals surface area contributed by atoms with Crippen LogP contribution in [-0.4, -0.2) is 16.8 Å². The van der Waals surface area contributed by atoms with E-state index >= 15 is 0 Å². The fraction of sp³-hybridized carbons (Fsp3) is 0.400. The Labute approximate surface area is 123 Å². The summed E-state index contributed by atoms with van der Waals surface area (Å²) in [5, 5.41) is 7.79. The maximum Gasteiger partial charge on any atom is 0.0616 e. The molecular weight excluding hydrogens is 302 g/mol. The minimum atomic E-state index is 0.167. The zero-order chi connectivity index (χ0) is 13.8. The molecule has 1 unspecified atom stereocenters. The van der Waals surface area contributed by atoms with Crippen LogP contribution < -0.4 is 5.32 Å². The molecule has 1 atom stereocenters. The average molecular weight is 322 g/mol. The summed E-state index contributed by atoms with van der Waals surface area (Å²) in [6.07, 6.45) is 5.17. The first-order chi connectivity index (χ1) is 9.17. The van der Waals surface area contributed by atoms with Gasteiger partial charge >= 0.3 is 0 Å². The molecule has 3 nitrogen and oxygen atoms in total. The van der Waals surface area contributed by atoms with E-state index in [-0.39, 0.29) is 6.04 Å². The van der Waals surface area contributed by atoms with E-state index in [9.17, 15) is 0 Å². The smallest absolute Gasteiger partial charge is 0.0616 e. The molecule has 2 aromatic rings. The first-order valence-electron chi connectivity index (χ1n) is 6.62. The van der Waals surface area contributed by atoms with Crippen LogP contribution in [0.25, 0.3) is 0 Å². The summed E-state index contributed by atoms with van der Waals surface area (Å²) in [6, 6.07) is 6.52. The minimum absolute atomic E-state index is 0.167. The van der Waals surface area contributed by atoms with E-state index in [1.807, 2.05) is 17.9 Å². The van der Waals surface area contributed by atoms with Crippen molar-refractivity contribution in [3.8, 4) is 0 Å². The Morgan fingerprint density at radius 1 is 1.42 bits per heavy atom. The highest BCUT2D eigenvalue weighted by Crippen LogP contribution is 2.30. The molecule has 0 radical (unpaired) electrons. The number of halogens is 1. The molecule has 4 heteroatoms. The third-order valence-corrected chi connectivity index (χ3v) is 4.34. The van der Waals surface area contributed by atoms with Crippen LogP contribution in [0.1, 0.15) is 36.1 Å². The summed E-state index contributed by atoms with van der Waals surface area (Å²) in [5.41, 5.74) is 3.69. The summed E-state index contributed by atoms with van der Waals surface area (Å²) >= 11 is 3.69. The summed E-state index contributed by atoms with van der Waals surface area (Å²) in [5.74, 6) is 0. The standard InChI is InChI=1S/C15H20BrN3/c1-4-8-19-10-12(9-18-19)15(17-3)13-7-5-6-11(2)14(13)16/h5-7,9-10,15,17H,4,8H2,1-3H3. The van der Waals surface area contributed by atoms with Gasteiger partial charge in [0.05, 0.1) is 12.2 Å². The average Bonchev–Trinajstić information content (AvgIpc) is 2.84. The number of aromatic nitrogens is 2. The van der Waals surface area contributed by atoms with Crippen molar-refractivity contribution in [3.63, 3.8) is 0 Å². The lowest BCUT2D eigenvalue weighted by molar-refractivity contribution is 0.600. The predicted molar refractivity (Wildman–Crippen MR) is 82.3 cm³/mol. The summed E-state index contributed by atoms with van der Waals surface area (Å²) in [7, 11) is 1.98. The van der Waals surface area contributed by atoms with Gasteiger partial charge in [0.25, 0.3) is 0 Å². The second-order valence-electron chi connectivity index (χ2n) is 4.74. The van der Waals surface area contributed by atoms with Crippen LogP contribution >= 0.6 is 15.9 Å². The molecule has 0 fully saturated rings. The summed E-state index contributed by atoms with van der Waals surface area (Å²) < 4.78 is 3.17. The van der Waals surface area contributed by atoms with E-state index in [0.29, 0.717) is 0 Å². The first-order valence-corrected chi connectivity index (χ1v) is 7.41. The second kappa shape index (κ2) is 6.35. The third kappa shape index (κ3) is 3.07. The zero-order valence-electron chi connectivity index (χ0n) is 11.7. The highest BCUT2D eigenvalue weighted by molar-refractivity contribution is 9.10. The lowest BCUT2D eigenvalue weighted by atomic mass is 10.00. The minimum Gasteiger partial charge on any atom is -0.309 e. The Kier molecular flexibility index (Phi) is 4.77. The Morgan fingerprint density at radius 2 is 2.21 bits per heavy atom. The molecule has 1 aromatic carbocycles. The molecule has 0 spiro atoms. The van der Waals surface area contributed by atoms with Crippen LogP contribution in [0.3, 0.4) is 0 Å². The van der Waals surface area contributed by atoms with Crippen LogP contribution in [0.2, 0.25) is 0 Å². The largest absolute Gasteiger partial charge is 0.309 e. The van der Waals surface area contributed by atoms with Gasteiger partial charge in [-0.25, -0.2) is 0 Å². The van der Waals surface area contributed by atoms with Crippen molar-refractivity contribution in [2.24, 2.45) is 0 Å². The topological polar surface area (TPSA) is 29.9 Å². The van der Waals surface area contributed by atoms with Crippen molar-refractivity contribution in [2.75, 3.05) is 7.05 Å². The third-order valence-electron chi connectivity index (χ3n) is 3.26. The van der Waals surface area contributed by atoms with E-state index in [4.69, 9.17) is 0 Å². The van der Waals surface area contributed by atoms with Gasteiger partial charge in [0.15, 0.2) is 0 Å². The van der Waals surface area contributed by atoms with Crippen molar-refractivity contribution in [3.05, 3.63) is 51.8 Å². The number of benzene rings is 1. The predicted octanol–water partition coefficient (Wildman–Crippen LogP) is 3.67. The number of rotatable bonds is 5. The van der Waals surface area contributed by atoms with Gasteiger partial charge < -0.3 is 5.32 Å². The number of aryl methyl sites for hydroxylation is 2. The Morgan fingerprint density at radius 3 is 2.89 bits per heavy atom. The van der Waals surface area contributed by atoms with E-state index in [2.05, 4.69) is 64.6 Å². The van der Waals surface area contributed by atoms with E-state index in [0.717, 1.165) is 17.4 Å². The van der Waals surface area contributed by atoms with Gasteiger partial charge in [-0.15, -0.1) is 0 Å². The number of nitrogens with one attached hydrogen (secondary N) is 1. The molecule has 102 valence electrons. The molecule has 1 N–H and O–H groups in total. The lowest BCUT2D eigenvalue weighted by Gasteiger charge is -2.17. The van der Waals surface area contributed by atoms with Gasteiger partial charge in [-0.2, -0.15) is 5.10 Å². The summed E-state index contributed by atoms with van der Waals surface area (Å²) in [4.78, 5) is 0. The Balaban J connectivity index is 2.35. The van der Waals surface area contributed by atoms with Crippen molar-refractivity contribution in [1.82, 2.24) is 15.1 Å². The SMILES string of the molecule is CCCn1cc(C(NC)c2cccc(C)c2Br)cn1.